The molecule has 0 aromatic carbocycles. The summed E-state index contributed by atoms with van der Waals surface area (Å²) >= 11 is 0. The molecule has 1 rings (SSSR count). The summed E-state index contributed by atoms with van der Waals surface area (Å²) in [6.07, 6.45) is 1.74. The largest absolute Gasteiger partial charge is 0.293 e. The van der Waals surface area contributed by atoms with Crippen molar-refractivity contribution >= 4 is 5.78 Å². The number of carbonyl (C=O) groups excluding carboxylic acids is 1. The molecule has 0 fully saturated rings. The zero-order valence-electron chi connectivity index (χ0n) is 6.72. The van der Waals surface area contributed by atoms with E-state index in [-0.39, 0.29) is 5.78 Å². The maximum Gasteiger partial charge on any atom is 0.169 e. The van der Waals surface area contributed by atoms with Gasteiger partial charge in [-0.3, -0.25) is 9.69 Å². The van der Waals surface area contributed by atoms with E-state index >= 15 is 0 Å². The Morgan fingerprint density at radius 3 is 2.80 bits per heavy atom. The lowest BCUT2D eigenvalue weighted by molar-refractivity contribution is -0.116. The summed E-state index contributed by atoms with van der Waals surface area (Å²) in [7, 11) is 1.97. The highest BCUT2D eigenvalue weighted by Crippen LogP contribution is 2.12. The minimum atomic E-state index is 0.220. The van der Waals surface area contributed by atoms with E-state index in [1.54, 1.807) is 6.08 Å². The van der Waals surface area contributed by atoms with E-state index in [4.69, 9.17) is 0 Å². The fourth-order valence-corrected chi connectivity index (χ4v) is 1.15. The quantitative estimate of drug-likeness (QED) is 0.495. The fourth-order valence-electron chi connectivity index (χ4n) is 1.15. The fraction of sp³-hybridized carbons (Fsp3) is 0.625. The zero-order valence-corrected chi connectivity index (χ0v) is 6.72. The molecule has 1 atom stereocenters. The molecule has 1 unspecified atom stereocenters. The topological polar surface area (TPSA) is 20.3 Å². The van der Waals surface area contributed by atoms with Crippen molar-refractivity contribution in [1.82, 2.24) is 4.90 Å². The van der Waals surface area contributed by atoms with Crippen LogP contribution in [0, 0.1) is 0 Å². The minimum Gasteiger partial charge on any atom is -0.293 e. The smallest absolute Gasteiger partial charge is 0.169 e. The zero-order chi connectivity index (χ0) is 7.72. The average molecular weight is 139 g/mol. The Labute approximate surface area is 61.5 Å². The van der Waals surface area contributed by atoms with Crippen LogP contribution in [0.1, 0.15) is 13.8 Å². The highest BCUT2D eigenvalue weighted by atomic mass is 16.1. The highest BCUT2D eigenvalue weighted by molar-refractivity contribution is 5.93. The van der Waals surface area contributed by atoms with Crippen molar-refractivity contribution < 1.29 is 4.79 Å². The third-order valence-corrected chi connectivity index (χ3v) is 2.11. The summed E-state index contributed by atoms with van der Waals surface area (Å²) in [5, 5.41) is 0. The molecule has 2 heteroatoms. The van der Waals surface area contributed by atoms with Crippen molar-refractivity contribution in [2.24, 2.45) is 0 Å². The normalized spacial score (nSPS) is 28.5. The van der Waals surface area contributed by atoms with E-state index in [0.29, 0.717) is 12.6 Å². The number of rotatable bonds is 0. The molecular weight excluding hydrogens is 126 g/mol. The van der Waals surface area contributed by atoms with Gasteiger partial charge in [0.15, 0.2) is 5.78 Å². The van der Waals surface area contributed by atoms with Crippen molar-refractivity contribution in [3.05, 3.63) is 11.6 Å². The Balaban J connectivity index is 2.80. The molecule has 0 saturated carbocycles. The maximum atomic E-state index is 10.9. The molecule has 0 aliphatic carbocycles. The third-order valence-electron chi connectivity index (χ3n) is 2.11. The van der Waals surface area contributed by atoms with Crippen molar-refractivity contribution in [3.63, 3.8) is 0 Å². The molecule has 0 amide bonds. The Bertz CT molecular complexity index is 184. The highest BCUT2D eigenvalue weighted by Gasteiger charge is 2.18. The molecule has 1 heterocycles. The van der Waals surface area contributed by atoms with Gasteiger partial charge in [0, 0.05) is 6.04 Å². The second kappa shape index (κ2) is 2.54. The molecule has 2 nitrogen and oxygen atoms in total. The van der Waals surface area contributed by atoms with Gasteiger partial charge in [-0.05, 0) is 27.0 Å². The van der Waals surface area contributed by atoms with Gasteiger partial charge in [-0.15, -0.1) is 0 Å². The van der Waals surface area contributed by atoms with Gasteiger partial charge >= 0.3 is 0 Å². The van der Waals surface area contributed by atoms with Gasteiger partial charge in [0.25, 0.3) is 0 Å². The average Bonchev–Trinajstić information content (AvgIpc) is 1.82. The first-order chi connectivity index (χ1) is 4.61. The Kier molecular flexibility index (Phi) is 1.90. The molecule has 0 spiro atoms. The van der Waals surface area contributed by atoms with Crippen LogP contribution >= 0.6 is 0 Å². The molecule has 56 valence electrons. The summed E-state index contributed by atoms with van der Waals surface area (Å²) in [5.74, 6) is 0.220. The molecule has 1 aliphatic heterocycles. The molecule has 1 aliphatic rings. The van der Waals surface area contributed by atoms with Crippen LogP contribution in [0.3, 0.4) is 0 Å². The third kappa shape index (κ3) is 1.27. The molecule has 0 radical (unpaired) electrons. The lowest BCUT2D eigenvalue weighted by atomic mass is 10.0. The first-order valence-corrected chi connectivity index (χ1v) is 3.52. The molecule has 0 bridgehead atoms. The first kappa shape index (κ1) is 7.48. The Morgan fingerprint density at radius 1 is 1.70 bits per heavy atom. The van der Waals surface area contributed by atoms with E-state index in [9.17, 15) is 4.79 Å². The van der Waals surface area contributed by atoms with Gasteiger partial charge in [0.2, 0.25) is 0 Å². The van der Waals surface area contributed by atoms with Crippen molar-refractivity contribution in [3.8, 4) is 0 Å². The number of nitrogens with zero attached hydrogens (tertiary/aromatic N) is 1. The molecule has 0 N–H and O–H groups in total. The Morgan fingerprint density at radius 2 is 2.30 bits per heavy atom. The standard InChI is InChI=1S/C8H13NO/c1-6-4-8(10)5-9(3)7(6)2/h4,7H,5H2,1-3H3. The first-order valence-electron chi connectivity index (χ1n) is 3.52. The number of carbonyl (C=O) groups is 1. The van der Waals surface area contributed by atoms with Gasteiger partial charge in [-0.25, -0.2) is 0 Å². The predicted octanol–water partition coefficient (Wildman–Crippen LogP) is 0.836. The lowest BCUT2D eigenvalue weighted by Crippen LogP contribution is -2.38. The lowest BCUT2D eigenvalue weighted by Gasteiger charge is -2.27. The van der Waals surface area contributed by atoms with Crippen LogP contribution in [-0.2, 0) is 4.79 Å². The summed E-state index contributed by atoms with van der Waals surface area (Å²) in [6.45, 7) is 4.68. The summed E-state index contributed by atoms with van der Waals surface area (Å²) in [6, 6.07) is 0.428. The van der Waals surface area contributed by atoms with E-state index < -0.39 is 0 Å². The van der Waals surface area contributed by atoms with Gasteiger partial charge in [0.05, 0.1) is 6.54 Å². The molecule has 0 saturated heterocycles. The van der Waals surface area contributed by atoms with Crippen LogP contribution in [0.15, 0.2) is 11.6 Å². The van der Waals surface area contributed by atoms with Crippen LogP contribution in [0.25, 0.3) is 0 Å². The van der Waals surface area contributed by atoms with Gasteiger partial charge in [0.1, 0.15) is 0 Å². The summed E-state index contributed by atoms with van der Waals surface area (Å²) in [5.41, 5.74) is 1.17. The number of hydrogen-bond donors (Lipinski definition) is 0. The van der Waals surface area contributed by atoms with Crippen LogP contribution in [0.2, 0.25) is 0 Å². The van der Waals surface area contributed by atoms with Crippen molar-refractivity contribution in [1.29, 1.82) is 0 Å². The molecule has 0 aromatic heterocycles. The molecule has 10 heavy (non-hydrogen) atoms. The summed E-state index contributed by atoms with van der Waals surface area (Å²) in [4.78, 5) is 13.0. The number of hydrogen-bond acceptors (Lipinski definition) is 2. The van der Waals surface area contributed by atoms with Crippen LogP contribution < -0.4 is 0 Å². The van der Waals surface area contributed by atoms with Crippen molar-refractivity contribution in [2.75, 3.05) is 13.6 Å². The molecule has 0 aromatic rings. The molecular formula is C8H13NO. The Hall–Kier alpha value is -0.630. The van der Waals surface area contributed by atoms with Gasteiger partial charge in [-0.2, -0.15) is 0 Å². The number of likely N-dealkylation sites (N-methyl/N-ethyl adjacent to an activating group) is 1. The SMILES string of the molecule is CC1=CC(=O)CN(C)C1C. The van der Waals surface area contributed by atoms with E-state index in [1.165, 1.54) is 5.57 Å². The minimum absolute atomic E-state index is 0.220. The number of ketones is 1. The van der Waals surface area contributed by atoms with Crippen LogP contribution in [-0.4, -0.2) is 30.3 Å². The van der Waals surface area contributed by atoms with Crippen LogP contribution in [0.5, 0.6) is 0 Å². The van der Waals surface area contributed by atoms with E-state index in [1.807, 2.05) is 14.0 Å². The maximum absolute atomic E-state index is 10.9. The second-order valence-corrected chi connectivity index (χ2v) is 2.95. The second-order valence-electron chi connectivity index (χ2n) is 2.95. The van der Waals surface area contributed by atoms with E-state index in [2.05, 4.69) is 11.8 Å². The van der Waals surface area contributed by atoms with Crippen molar-refractivity contribution in [2.45, 2.75) is 19.9 Å². The van der Waals surface area contributed by atoms with Gasteiger partial charge in [-0.1, -0.05) is 5.57 Å². The van der Waals surface area contributed by atoms with Gasteiger partial charge < -0.3 is 0 Å². The van der Waals surface area contributed by atoms with Crippen LogP contribution in [0.4, 0.5) is 0 Å². The summed E-state index contributed by atoms with van der Waals surface area (Å²) < 4.78 is 0. The monoisotopic (exact) mass is 139 g/mol. The van der Waals surface area contributed by atoms with E-state index in [0.717, 1.165) is 0 Å². The predicted molar refractivity (Wildman–Crippen MR) is 40.9 cm³/mol.